The van der Waals surface area contributed by atoms with Gasteiger partial charge in [-0.3, -0.25) is 0 Å². The van der Waals surface area contributed by atoms with Crippen LogP contribution >= 0.6 is 0 Å². The summed E-state index contributed by atoms with van der Waals surface area (Å²) in [7, 11) is 0. The van der Waals surface area contributed by atoms with Crippen LogP contribution in [0, 0.1) is 11.8 Å². The van der Waals surface area contributed by atoms with Gasteiger partial charge in [0.2, 0.25) is 0 Å². The van der Waals surface area contributed by atoms with Crippen molar-refractivity contribution < 1.29 is 14.6 Å². The van der Waals surface area contributed by atoms with Crippen LogP contribution in [0.1, 0.15) is 31.1 Å². The minimum Gasteiger partial charge on any atom is -0.507 e. The Hall–Kier alpha value is -1.51. The number of carbonyl (C=O) groups is 1. The molecule has 0 saturated heterocycles. The van der Waals surface area contributed by atoms with Crippen molar-refractivity contribution in [1.82, 2.24) is 0 Å². The average molecular weight is 222 g/mol. The summed E-state index contributed by atoms with van der Waals surface area (Å²) < 4.78 is 5.13. The zero-order valence-electron chi connectivity index (χ0n) is 9.93. The van der Waals surface area contributed by atoms with Crippen molar-refractivity contribution in [2.45, 2.75) is 20.8 Å². The van der Waals surface area contributed by atoms with Gasteiger partial charge in [0.1, 0.15) is 11.3 Å². The number of hydrogen-bond acceptors (Lipinski definition) is 3. The van der Waals surface area contributed by atoms with E-state index in [1.54, 1.807) is 18.2 Å². The summed E-state index contributed by atoms with van der Waals surface area (Å²) in [4.78, 5) is 11.6. The fraction of sp³-hybridized carbons (Fsp3) is 0.462. The van der Waals surface area contributed by atoms with Crippen molar-refractivity contribution >= 4 is 5.97 Å². The highest BCUT2D eigenvalue weighted by Crippen LogP contribution is 2.17. The highest BCUT2D eigenvalue weighted by atomic mass is 16.5. The maximum Gasteiger partial charge on any atom is 0.341 e. The van der Waals surface area contributed by atoms with E-state index in [0.29, 0.717) is 18.4 Å². The summed E-state index contributed by atoms with van der Waals surface area (Å²) in [5, 5.41) is 9.45. The van der Waals surface area contributed by atoms with E-state index in [9.17, 15) is 9.90 Å². The Morgan fingerprint density at radius 2 is 1.94 bits per heavy atom. The summed E-state index contributed by atoms with van der Waals surface area (Å²) in [5.74, 6) is 0.280. The van der Waals surface area contributed by atoms with Crippen molar-refractivity contribution in [3.63, 3.8) is 0 Å². The zero-order chi connectivity index (χ0) is 12.1. The molecule has 0 heterocycles. The molecule has 0 fully saturated rings. The fourth-order valence-electron chi connectivity index (χ4n) is 1.12. The summed E-state index contributed by atoms with van der Waals surface area (Å²) in [6.07, 6.45) is 0. The molecule has 1 rings (SSSR count). The smallest absolute Gasteiger partial charge is 0.341 e. The Morgan fingerprint density at radius 1 is 1.31 bits per heavy atom. The maximum absolute atomic E-state index is 11.6. The third-order valence-corrected chi connectivity index (χ3v) is 2.74. The molecule has 3 heteroatoms. The standard InChI is InChI=1S/C13H18O3/c1-9(2)10(3)8-16-13(15)11-6-4-5-7-12(11)14/h4-7,9-10,14H,8H2,1-3H3. The summed E-state index contributed by atoms with van der Waals surface area (Å²) in [6.45, 7) is 6.57. The van der Waals surface area contributed by atoms with Crippen molar-refractivity contribution in [3.8, 4) is 5.75 Å². The Labute approximate surface area is 96.1 Å². The van der Waals surface area contributed by atoms with Gasteiger partial charge >= 0.3 is 5.97 Å². The summed E-state index contributed by atoms with van der Waals surface area (Å²) in [5.41, 5.74) is 0.221. The molecule has 0 saturated carbocycles. The normalized spacial score (nSPS) is 12.5. The highest BCUT2D eigenvalue weighted by Gasteiger charge is 2.14. The Kier molecular flexibility index (Phi) is 4.35. The van der Waals surface area contributed by atoms with Crippen LogP contribution in [0.5, 0.6) is 5.75 Å². The quantitative estimate of drug-likeness (QED) is 0.797. The van der Waals surface area contributed by atoms with Crippen LogP contribution < -0.4 is 0 Å². The van der Waals surface area contributed by atoms with Crippen LogP contribution in [0.25, 0.3) is 0 Å². The predicted molar refractivity (Wildman–Crippen MR) is 62.4 cm³/mol. The lowest BCUT2D eigenvalue weighted by molar-refractivity contribution is 0.0416. The average Bonchev–Trinajstić information content (AvgIpc) is 2.25. The van der Waals surface area contributed by atoms with Gasteiger partial charge in [-0.1, -0.05) is 32.9 Å². The summed E-state index contributed by atoms with van der Waals surface area (Å²) in [6, 6.07) is 6.39. The van der Waals surface area contributed by atoms with Gasteiger partial charge in [-0.05, 0) is 24.0 Å². The van der Waals surface area contributed by atoms with Crippen molar-refractivity contribution in [1.29, 1.82) is 0 Å². The van der Waals surface area contributed by atoms with Crippen LogP contribution in [0.4, 0.5) is 0 Å². The van der Waals surface area contributed by atoms with Gasteiger partial charge in [0.05, 0.1) is 6.61 Å². The number of para-hydroxylation sites is 1. The van der Waals surface area contributed by atoms with Crippen LogP contribution in [-0.2, 0) is 4.74 Å². The van der Waals surface area contributed by atoms with Crippen LogP contribution in [-0.4, -0.2) is 17.7 Å². The molecule has 0 aromatic heterocycles. The van der Waals surface area contributed by atoms with Crippen LogP contribution in [0.3, 0.4) is 0 Å². The van der Waals surface area contributed by atoms with E-state index < -0.39 is 5.97 Å². The highest BCUT2D eigenvalue weighted by molar-refractivity contribution is 5.92. The number of aromatic hydroxyl groups is 1. The summed E-state index contributed by atoms with van der Waals surface area (Å²) >= 11 is 0. The second-order valence-electron chi connectivity index (χ2n) is 4.34. The predicted octanol–water partition coefficient (Wildman–Crippen LogP) is 2.84. The molecule has 0 radical (unpaired) electrons. The van der Waals surface area contributed by atoms with E-state index in [-0.39, 0.29) is 11.3 Å². The molecule has 1 unspecified atom stereocenters. The first kappa shape index (κ1) is 12.6. The lowest BCUT2D eigenvalue weighted by Gasteiger charge is -2.15. The third-order valence-electron chi connectivity index (χ3n) is 2.74. The Balaban J connectivity index is 2.57. The third kappa shape index (κ3) is 3.26. The van der Waals surface area contributed by atoms with Crippen molar-refractivity contribution in [2.75, 3.05) is 6.61 Å². The number of rotatable bonds is 4. The molecular weight excluding hydrogens is 204 g/mol. The Bertz CT molecular complexity index is 358. The molecule has 16 heavy (non-hydrogen) atoms. The zero-order valence-corrected chi connectivity index (χ0v) is 9.93. The minimum atomic E-state index is -0.467. The first-order valence-corrected chi connectivity index (χ1v) is 5.47. The molecule has 0 amide bonds. The van der Waals surface area contributed by atoms with Gasteiger partial charge in [-0.25, -0.2) is 4.79 Å². The van der Waals surface area contributed by atoms with Crippen molar-refractivity contribution in [2.24, 2.45) is 11.8 Å². The monoisotopic (exact) mass is 222 g/mol. The first-order chi connectivity index (χ1) is 7.52. The number of hydrogen-bond donors (Lipinski definition) is 1. The molecule has 0 aliphatic carbocycles. The number of carbonyl (C=O) groups excluding carboxylic acids is 1. The molecule has 88 valence electrons. The molecule has 0 aliphatic rings. The lowest BCUT2D eigenvalue weighted by Crippen LogP contribution is -2.16. The minimum absolute atomic E-state index is 0.0373. The molecular formula is C13H18O3. The van der Waals surface area contributed by atoms with Gasteiger partial charge in [0.25, 0.3) is 0 Å². The van der Waals surface area contributed by atoms with Crippen LogP contribution in [0.15, 0.2) is 24.3 Å². The SMILES string of the molecule is CC(C)C(C)COC(=O)c1ccccc1O. The molecule has 0 spiro atoms. The fourth-order valence-corrected chi connectivity index (χ4v) is 1.12. The van der Waals surface area contributed by atoms with Gasteiger partial charge in [-0.2, -0.15) is 0 Å². The molecule has 1 aromatic carbocycles. The van der Waals surface area contributed by atoms with Gasteiger partial charge in [0, 0.05) is 0 Å². The number of phenols is 1. The molecule has 0 aliphatic heterocycles. The largest absolute Gasteiger partial charge is 0.507 e. The maximum atomic E-state index is 11.6. The topological polar surface area (TPSA) is 46.5 Å². The van der Waals surface area contributed by atoms with E-state index in [1.807, 2.05) is 6.92 Å². The second kappa shape index (κ2) is 5.54. The molecule has 1 aromatic rings. The van der Waals surface area contributed by atoms with E-state index in [1.165, 1.54) is 6.07 Å². The van der Waals surface area contributed by atoms with E-state index >= 15 is 0 Å². The number of phenolic OH excluding ortho intramolecular Hbond substituents is 1. The molecule has 1 atom stereocenters. The van der Waals surface area contributed by atoms with E-state index in [0.717, 1.165) is 0 Å². The van der Waals surface area contributed by atoms with Gasteiger partial charge in [0.15, 0.2) is 0 Å². The van der Waals surface area contributed by atoms with Crippen LogP contribution in [0.2, 0.25) is 0 Å². The molecule has 1 N–H and O–H groups in total. The van der Waals surface area contributed by atoms with E-state index in [2.05, 4.69) is 13.8 Å². The van der Waals surface area contributed by atoms with Gasteiger partial charge in [-0.15, -0.1) is 0 Å². The Morgan fingerprint density at radius 3 is 2.50 bits per heavy atom. The number of benzene rings is 1. The molecule has 0 bridgehead atoms. The lowest BCUT2D eigenvalue weighted by atomic mass is 9.99. The number of ether oxygens (including phenoxy) is 1. The molecule has 3 nitrogen and oxygen atoms in total. The second-order valence-corrected chi connectivity index (χ2v) is 4.34. The number of esters is 1. The van der Waals surface area contributed by atoms with Gasteiger partial charge < -0.3 is 9.84 Å². The van der Waals surface area contributed by atoms with Crippen molar-refractivity contribution in [3.05, 3.63) is 29.8 Å². The first-order valence-electron chi connectivity index (χ1n) is 5.47. The van der Waals surface area contributed by atoms with E-state index in [4.69, 9.17) is 4.74 Å².